The predicted molar refractivity (Wildman–Crippen MR) is 542 cm³/mol. The lowest BCUT2D eigenvalue weighted by Gasteiger charge is -2.34. The number of carboxylic acids is 1. The topological polar surface area (TPSA) is 641 Å². The van der Waals surface area contributed by atoms with Gasteiger partial charge in [-0.1, -0.05) is 110 Å². The number of aromatic nitrogens is 2. The molecular formula is C98H162ClN23O19S. The Kier molecular flexibility index (Phi) is 53.1. The fourth-order valence-electron chi connectivity index (χ4n) is 18.1. The van der Waals surface area contributed by atoms with Gasteiger partial charge in [-0.15, -0.1) is 0 Å². The van der Waals surface area contributed by atoms with Crippen molar-refractivity contribution in [3.8, 4) is 0 Å². The number of carboxylic acid groups (broad SMARTS) is 1. The molecule has 3 saturated heterocycles. The lowest BCUT2D eigenvalue weighted by atomic mass is 9.84. The van der Waals surface area contributed by atoms with Crippen molar-refractivity contribution in [3.05, 3.63) is 53.1 Å². The van der Waals surface area contributed by atoms with Gasteiger partial charge in [-0.3, -0.25) is 77.1 Å². The number of hydrogen-bond donors (Lipinski definition) is 18. The number of aliphatic hydroxyl groups excluding tert-OH is 1. The van der Waals surface area contributed by atoms with Gasteiger partial charge in [-0.25, -0.2) is 14.8 Å². The number of aromatic amines is 1. The SMILES string of the molecule is CCCCCC(C)C[C@H](NC(=O)[C@H](CCCCN=C(N)N)NC(=O)[C@H]1CCCN1C(=O)[C@H](CCCN=C(N)N)NC(=O)C(C=NC(=O)CCSCC(=O)NCCCC(C)(C)OCCC(C)(C)OC)CC(C)C)C(=O)N[C@@H](CO)C(=O)N[C@@H](Cc1cnc[nH]1)C(=O)N[C@@H](CCCCN)C(=O)NCC(=O)N1C2CCCC[C@H]2C[C@H]1C(=O)N[C@@H](CCCC)C(=O)N1CCC[C@H]1C(=O)N[C@@H](Cc1ccc(Cl)cc1)C(=O)O. The molecule has 1 saturated carbocycles. The van der Waals surface area contributed by atoms with Crippen molar-refractivity contribution in [1.82, 2.24) is 77.8 Å². The average molecular weight is 2030 g/mol. The molecule has 6 rings (SSSR count). The summed E-state index contributed by atoms with van der Waals surface area (Å²) in [6.45, 7) is 17.6. The van der Waals surface area contributed by atoms with Gasteiger partial charge in [0.15, 0.2) is 11.9 Å². The quantitative estimate of drug-likeness (QED) is 0.0256. The van der Waals surface area contributed by atoms with Crippen LogP contribution >= 0.6 is 23.4 Å². The molecule has 796 valence electrons. The van der Waals surface area contributed by atoms with E-state index in [4.69, 9.17) is 49.7 Å². The van der Waals surface area contributed by atoms with E-state index in [1.807, 2.05) is 62.3 Å². The van der Waals surface area contributed by atoms with Crippen molar-refractivity contribution in [2.45, 2.75) is 351 Å². The normalized spacial score (nSPS) is 18.5. The number of aliphatic imine (C=N–C) groups is 3. The summed E-state index contributed by atoms with van der Waals surface area (Å²) >= 11 is 7.33. The van der Waals surface area contributed by atoms with Gasteiger partial charge in [0.2, 0.25) is 82.7 Å². The Balaban J connectivity index is 1.16. The summed E-state index contributed by atoms with van der Waals surface area (Å²) in [6, 6.07) is -8.42. The van der Waals surface area contributed by atoms with E-state index in [1.165, 1.54) is 45.2 Å². The molecule has 0 radical (unpaired) electrons. The third kappa shape index (κ3) is 42.3. The third-order valence-corrected chi connectivity index (χ3v) is 27.6. The van der Waals surface area contributed by atoms with Crippen molar-refractivity contribution in [1.29, 1.82) is 0 Å². The maximum Gasteiger partial charge on any atom is 0.326 e. The second-order valence-electron chi connectivity index (χ2n) is 39.4. The predicted octanol–water partition coefficient (Wildman–Crippen LogP) is 3.37. The number of fused-ring (bicyclic) bond motifs is 1. The second kappa shape index (κ2) is 62.8. The number of halogens is 1. The number of nitrogens with one attached hydrogen (secondary N) is 11. The molecule has 2 aromatic rings. The van der Waals surface area contributed by atoms with Crippen LogP contribution in [-0.2, 0) is 94.2 Å². The van der Waals surface area contributed by atoms with Gasteiger partial charge in [0.25, 0.3) is 0 Å². The number of imidazole rings is 1. The summed E-state index contributed by atoms with van der Waals surface area (Å²) in [5.41, 5.74) is 28.9. The maximum absolute atomic E-state index is 15.1. The van der Waals surface area contributed by atoms with Crippen molar-refractivity contribution < 1.29 is 91.6 Å². The molecule has 1 aromatic carbocycles. The molecule has 4 fully saturated rings. The van der Waals surface area contributed by atoms with Crippen molar-refractivity contribution >= 4 is 130 Å². The first kappa shape index (κ1) is 120. The number of nitrogens with two attached hydrogens (primary N) is 5. The summed E-state index contributed by atoms with van der Waals surface area (Å²) in [5, 5.41) is 49.4. The number of aliphatic hydroxyl groups is 1. The van der Waals surface area contributed by atoms with Gasteiger partial charge in [-0.05, 0) is 205 Å². The molecule has 1 aromatic heterocycles. The number of ether oxygens (including phenoxy) is 2. The molecule has 142 heavy (non-hydrogen) atoms. The zero-order valence-electron chi connectivity index (χ0n) is 84.8. The Hall–Kier alpha value is -10.6. The van der Waals surface area contributed by atoms with Crippen LogP contribution in [0.2, 0.25) is 5.02 Å². The molecule has 23 N–H and O–H groups in total. The number of carbonyl (C=O) groups excluding carboxylic acids is 14. The maximum atomic E-state index is 15.1. The van der Waals surface area contributed by atoms with Crippen molar-refractivity contribution in [2.24, 2.45) is 67.3 Å². The average Bonchev–Trinajstić information content (AvgIpc) is 1.63. The molecule has 4 heterocycles. The third-order valence-electron chi connectivity index (χ3n) is 26.3. The van der Waals surface area contributed by atoms with E-state index in [0.29, 0.717) is 100 Å². The van der Waals surface area contributed by atoms with Gasteiger partial charge < -0.3 is 121 Å². The number of H-pyrrole nitrogens is 1. The van der Waals surface area contributed by atoms with Gasteiger partial charge in [0.1, 0.15) is 66.5 Å². The monoisotopic (exact) mass is 2030 g/mol. The number of aliphatic carboxylic acids is 1. The van der Waals surface area contributed by atoms with E-state index in [-0.39, 0.29) is 175 Å². The van der Waals surface area contributed by atoms with Gasteiger partial charge in [0.05, 0.1) is 49.0 Å². The van der Waals surface area contributed by atoms with E-state index in [0.717, 1.165) is 44.9 Å². The van der Waals surface area contributed by atoms with E-state index in [9.17, 15) is 67.7 Å². The number of benzene rings is 1. The molecule has 4 aliphatic rings. The number of rotatable bonds is 66. The number of likely N-dealkylation sites (tertiary alicyclic amines) is 3. The minimum absolute atomic E-state index is 0.000562. The number of hydrogen-bond acceptors (Lipinski definition) is 23. The highest BCUT2D eigenvalue weighted by Crippen LogP contribution is 2.40. The zero-order valence-corrected chi connectivity index (χ0v) is 86.4. The van der Waals surface area contributed by atoms with Crippen LogP contribution in [0.25, 0.3) is 0 Å². The number of methoxy groups -OCH3 is 1. The van der Waals surface area contributed by atoms with Crippen LogP contribution in [0.15, 0.2) is 51.8 Å². The number of guanidine groups is 2. The minimum Gasteiger partial charge on any atom is -0.480 e. The van der Waals surface area contributed by atoms with Gasteiger partial charge >= 0.3 is 5.97 Å². The number of carbonyl (C=O) groups is 15. The number of nitrogens with zero attached hydrogens (tertiary/aromatic N) is 7. The highest BCUT2D eigenvalue weighted by atomic mass is 35.5. The van der Waals surface area contributed by atoms with Crippen LogP contribution in [0, 0.1) is 23.7 Å². The standard InChI is InChI=1S/C98H162ClN23O19S/c1-11-13-15-26-62(5)51-72(116-85(129)69(30-19-21-43-107-95(101)102)113-89(133)77-33-23-46-120(77)93(137)71(31-22-44-108-96(103)104)114-83(127)65(50-61(3)4)55-109-80(124)39-49-142-59-81(125)106-45-25-40-98(8,9)141-48-41-97(6,7)140-10)86(130)119-75(58-123)88(132)117-73(54-67-56-105-60-111-67)87(131)112-68(29-18-20-42-100)84(128)110-57-82(126)122-76-32-17-16-27-64(76)53-79(122)91(135)115-70(28-14-12-2)92(136)121-47-24-34-78(121)90(134)118-74(94(138)139)52-63-35-37-66(99)38-36-63/h35-38,55-56,60-62,64-65,68-79,123H,11-34,39-54,57-59,100H2,1-10H3,(H,105,111)(H,106,125)(H,110,128)(H,112,131)(H,113,133)(H,114,127)(H,115,135)(H,116,129)(H,117,132)(H,118,134)(H,119,130)(H,138,139)(H4,101,102,107)(H4,103,104,108)/t62?,64-,65?,68-,69-,70-,71-,72-,73-,74-,75-,76?,77+,78-,79-/m0/s1. The Bertz CT molecular complexity index is 4460. The van der Waals surface area contributed by atoms with E-state index in [2.05, 4.69) is 78.1 Å². The molecule has 0 bridgehead atoms. The molecule has 15 atom stereocenters. The fourth-order valence-corrected chi connectivity index (χ4v) is 19.0. The first-order valence-electron chi connectivity index (χ1n) is 50.7. The van der Waals surface area contributed by atoms with E-state index >= 15 is 14.4 Å². The van der Waals surface area contributed by atoms with E-state index < -0.39 is 180 Å². The molecule has 3 unspecified atom stereocenters. The van der Waals surface area contributed by atoms with Crippen LogP contribution in [-0.4, -0.2) is 303 Å². The summed E-state index contributed by atoms with van der Waals surface area (Å²) in [7, 11) is 1.67. The summed E-state index contributed by atoms with van der Waals surface area (Å²) in [6.07, 6.45) is 16.0. The molecule has 3 aliphatic heterocycles. The molecule has 44 heteroatoms. The van der Waals surface area contributed by atoms with Crippen LogP contribution < -0.4 is 81.8 Å². The molecule has 1 aliphatic carbocycles. The van der Waals surface area contributed by atoms with Gasteiger partial charge in [-0.2, -0.15) is 11.8 Å². The summed E-state index contributed by atoms with van der Waals surface area (Å²) < 4.78 is 11.6. The molecule has 0 spiro atoms. The first-order valence-corrected chi connectivity index (χ1v) is 52.2. The lowest BCUT2D eigenvalue weighted by Crippen LogP contribution is -2.61. The smallest absolute Gasteiger partial charge is 0.326 e. The Morgan fingerprint density at radius 1 is 0.592 bits per heavy atom. The lowest BCUT2D eigenvalue weighted by molar-refractivity contribution is -0.145. The van der Waals surface area contributed by atoms with Crippen LogP contribution in [0.5, 0.6) is 0 Å². The number of amides is 14. The van der Waals surface area contributed by atoms with E-state index in [1.54, 1.807) is 31.4 Å². The highest BCUT2D eigenvalue weighted by Gasteiger charge is 2.50. The molecule has 14 amide bonds. The highest BCUT2D eigenvalue weighted by molar-refractivity contribution is 7.99. The van der Waals surface area contributed by atoms with Crippen LogP contribution in [0.4, 0.5) is 0 Å². The minimum atomic E-state index is -1.80. The largest absolute Gasteiger partial charge is 0.480 e. The number of unbranched alkanes of at least 4 members (excludes halogenated alkanes) is 5. The molecular weight excluding hydrogens is 1870 g/mol. The second-order valence-corrected chi connectivity index (χ2v) is 40.9. The fraction of sp³-hybridized carbons (Fsp3) is 0.724. The Morgan fingerprint density at radius 2 is 1.14 bits per heavy atom. The Morgan fingerprint density at radius 3 is 1.75 bits per heavy atom. The van der Waals surface area contributed by atoms with Crippen LogP contribution in [0.1, 0.15) is 266 Å². The van der Waals surface area contributed by atoms with Crippen molar-refractivity contribution in [3.63, 3.8) is 0 Å². The van der Waals surface area contributed by atoms with Gasteiger partial charge in [0, 0.05) is 94.0 Å². The summed E-state index contributed by atoms with van der Waals surface area (Å²) in [4.78, 5) is 239. The zero-order chi connectivity index (χ0) is 105. The first-order chi connectivity index (χ1) is 67.6. The van der Waals surface area contributed by atoms with Crippen LogP contribution in [0.3, 0.4) is 0 Å². The van der Waals surface area contributed by atoms with Crippen molar-refractivity contribution in [2.75, 3.05) is 77.6 Å². The summed E-state index contributed by atoms with van der Waals surface area (Å²) in [5.74, 6) is -12.3. The number of thioether (sulfide) groups is 1. The molecule has 42 nitrogen and oxygen atoms in total. The Labute approximate surface area is 844 Å².